The Balaban J connectivity index is 1.95. The van der Waals surface area contributed by atoms with Crippen molar-refractivity contribution in [1.29, 1.82) is 0 Å². The normalized spacial score (nSPS) is 31.1. The number of methoxy groups -OCH3 is 2. The lowest BCUT2D eigenvalue weighted by atomic mass is 9.79. The van der Waals surface area contributed by atoms with Crippen molar-refractivity contribution in [2.24, 2.45) is 23.5 Å². The summed E-state index contributed by atoms with van der Waals surface area (Å²) in [6, 6.07) is 2.47. The second kappa shape index (κ2) is 9.56. The van der Waals surface area contributed by atoms with Gasteiger partial charge in [-0.1, -0.05) is 27.6 Å². The maximum atomic E-state index is 12.8. The van der Waals surface area contributed by atoms with Crippen LogP contribution in [0.2, 0.25) is 0 Å². The Bertz CT molecular complexity index is 981. The molecule has 0 bridgehead atoms. The highest BCUT2D eigenvalue weighted by atomic mass is 16.5. The highest BCUT2D eigenvalue weighted by Gasteiger charge is 2.41. The molecule has 1 aromatic rings. The number of piperidine rings is 1. The number of nitrogens with zero attached hydrogens (tertiary/aromatic N) is 1. The molecule has 1 saturated heterocycles. The summed E-state index contributed by atoms with van der Waals surface area (Å²) in [6.45, 7) is 3.64. The Morgan fingerprint density at radius 3 is 2.77 bits per heavy atom. The minimum absolute atomic E-state index is 0.0309. The third-order valence-electron chi connectivity index (χ3n) is 6.28. The lowest BCUT2D eigenvalue weighted by molar-refractivity contribution is -0.160. The average Bonchev–Trinajstić information content (AvgIpc) is 2.76. The SMILES string of the molecule is [2H]C([2H])([2H])Oc1cc2c(cc1OC)[C@H]1C[C@H](OC(=O)[C@@H](N)C(C)C)[C@H](CC([2H])(C)C([2H])([2H])[2H])CN1CC2. The predicted molar refractivity (Wildman–Crippen MR) is 118 cm³/mol. The van der Waals surface area contributed by atoms with Gasteiger partial charge in [-0.3, -0.25) is 9.69 Å². The number of ether oxygens (including phenoxy) is 3. The van der Waals surface area contributed by atoms with Crippen LogP contribution in [0.25, 0.3) is 0 Å². The van der Waals surface area contributed by atoms with Crippen molar-refractivity contribution in [3.8, 4) is 11.5 Å². The molecule has 2 heterocycles. The van der Waals surface area contributed by atoms with E-state index in [0.29, 0.717) is 25.9 Å². The van der Waals surface area contributed by atoms with Crippen LogP contribution >= 0.6 is 0 Å². The van der Waals surface area contributed by atoms with Gasteiger partial charge in [-0.2, -0.15) is 0 Å². The van der Waals surface area contributed by atoms with Gasteiger partial charge in [0.15, 0.2) is 11.5 Å². The molecule has 1 unspecified atom stereocenters. The topological polar surface area (TPSA) is 74.0 Å². The molecule has 0 saturated carbocycles. The molecule has 2 aliphatic heterocycles. The van der Waals surface area contributed by atoms with Crippen LogP contribution in [0.4, 0.5) is 0 Å². The number of carbonyl (C=O) groups is 1. The molecule has 1 fully saturated rings. The molecule has 0 aliphatic carbocycles. The number of fused-ring (bicyclic) bond motifs is 3. The van der Waals surface area contributed by atoms with Crippen molar-refractivity contribution >= 4 is 5.97 Å². The van der Waals surface area contributed by atoms with Gasteiger partial charge in [0.25, 0.3) is 0 Å². The van der Waals surface area contributed by atoms with E-state index in [2.05, 4.69) is 4.90 Å². The molecular formula is C24H38N2O4. The number of benzene rings is 1. The molecule has 1 aromatic carbocycles. The largest absolute Gasteiger partial charge is 0.493 e. The van der Waals surface area contributed by atoms with E-state index in [1.165, 1.54) is 14.0 Å². The molecule has 2 N–H and O–H groups in total. The second-order valence-electron chi connectivity index (χ2n) is 8.79. The van der Waals surface area contributed by atoms with Crippen molar-refractivity contribution in [2.45, 2.75) is 65.1 Å². The summed E-state index contributed by atoms with van der Waals surface area (Å²) in [7, 11) is -1.19. The van der Waals surface area contributed by atoms with Gasteiger partial charge in [-0.25, -0.2) is 0 Å². The third kappa shape index (κ3) is 4.75. The third-order valence-corrected chi connectivity index (χ3v) is 6.28. The van der Waals surface area contributed by atoms with Gasteiger partial charge in [0, 0.05) is 37.0 Å². The lowest BCUT2D eigenvalue weighted by Crippen LogP contribution is -2.51. The first-order valence-corrected chi connectivity index (χ1v) is 10.5. The first-order chi connectivity index (χ1) is 16.9. The van der Waals surface area contributed by atoms with E-state index in [0.717, 1.165) is 11.1 Å². The molecule has 6 nitrogen and oxygen atoms in total. The maximum absolute atomic E-state index is 12.8. The zero-order valence-electron chi connectivity index (χ0n) is 25.2. The van der Waals surface area contributed by atoms with Crippen molar-refractivity contribution in [3.63, 3.8) is 0 Å². The molecule has 0 spiro atoms. The standard InChI is InChI=1S/C24H38N2O4/c1-14(2)9-17-13-26-8-7-16-10-21(28-5)22(29-6)11-18(16)19(26)12-20(17)30-24(27)23(25)15(3)4/h10-11,14-15,17,19-20,23H,7-9,12-13,25H2,1-6H3/t17-,19-,20+,23+/m1/s1/i1D3,5D3,14D/t14?,17-,19-,20+,23+. The van der Waals surface area contributed by atoms with E-state index in [4.69, 9.17) is 29.5 Å². The number of esters is 1. The summed E-state index contributed by atoms with van der Waals surface area (Å²) in [6.07, 6.45) is 0.401. The van der Waals surface area contributed by atoms with Crippen molar-refractivity contribution < 1.29 is 28.6 Å². The van der Waals surface area contributed by atoms with Crippen LogP contribution in [0.3, 0.4) is 0 Å². The fourth-order valence-electron chi connectivity index (χ4n) is 4.56. The number of carbonyl (C=O) groups excluding carboxylic acids is 1. The smallest absolute Gasteiger partial charge is 0.323 e. The maximum Gasteiger partial charge on any atom is 0.323 e. The fraction of sp³-hybridized carbons (Fsp3) is 0.708. The summed E-state index contributed by atoms with van der Waals surface area (Å²) in [5.74, 6) is -2.34. The Morgan fingerprint density at radius 2 is 2.10 bits per heavy atom. The van der Waals surface area contributed by atoms with Crippen molar-refractivity contribution in [3.05, 3.63) is 23.3 Å². The van der Waals surface area contributed by atoms with E-state index < -0.39 is 37.9 Å². The second-order valence-corrected chi connectivity index (χ2v) is 8.79. The number of hydrogen-bond acceptors (Lipinski definition) is 6. The number of rotatable bonds is 7. The van der Waals surface area contributed by atoms with Crippen LogP contribution in [0.1, 0.15) is 67.2 Å². The first kappa shape index (κ1) is 15.1. The van der Waals surface area contributed by atoms with E-state index >= 15 is 0 Å². The molecule has 3 rings (SSSR count). The zero-order valence-corrected chi connectivity index (χ0v) is 18.2. The van der Waals surface area contributed by atoms with E-state index in [-0.39, 0.29) is 35.8 Å². The molecule has 5 atom stereocenters. The minimum atomic E-state index is -2.62. The average molecular weight is 426 g/mol. The van der Waals surface area contributed by atoms with Gasteiger partial charge in [0.05, 0.1) is 18.3 Å². The van der Waals surface area contributed by atoms with Crippen LogP contribution < -0.4 is 15.2 Å². The Morgan fingerprint density at radius 1 is 1.33 bits per heavy atom. The predicted octanol–water partition coefficient (Wildman–Crippen LogP) is 3.56. The highest BCUT2D eigenvalue weighted by molar-refractivity contribution is 5.76. The van der Waals surface area contributed by atoms with Crippen LogP contribution in [-0.4, -0.2) is 50.3 Å². The molecule has 6 heteroatoms. The zero-order chi connectivity index (χ0) is 27.9. The van der Waals surface area contributed by atoms with Crippen molar-refractivity contribution in [1.82, 2.24) is 4.90 Å². The van der Waals surface area contributed by atoms with E-state index in [1.807, 2.05) is 13.8 Å². The number of hydrogen-bond donors (Lipinski definition) is 1. The molecule has 2 aliphatic rings. The molecule has 0 radical (unpaired) electrons. The number of nitrogens with two attached hydrogens (primary N) is 1. The summed E-state index contributed by atoms with van der Waals surface area (Å²) >= 11 is 0. The van der Waals surface area contributed by atoms with Crippen LogP contribution in [0.5, 0.6) is 11.5 Å². The molecular weight excluding hydrogens is 380 g/mol. The molecule has 30 heavy (non-hydrogen) atoms. The van der Waals surface area contributed by atoms with Crippen LogP contribution in [0.15, 0.2) is 12.1 Å². The van der Waals surface area contributed by atoms with Gasteiger partial charge < -0.3 is 19.9 Å². The molecule has 168 valence electrons. The Hall–Kier alpha value is -1.79. The Kier molecular flexibility index (Phi) is 4.81. The molecule has 0 amide bonds. The quantitative estimate of drug-likeness (QED) is 0.673. The first-order valence-electron chi connectivity index (χ1n) is 14.0. The summed E-state index contributed by atoms with van der Waals surface area (Å²) in [5.41, 5.74) is 7.87. The summed E-state index contributed by atoms with van der Waals surface area (Å²) < 4.78 is 70.9. The lowest BCUT2D eigenvalue weighted by Gasteiger charge is -2.47. The Labute approximate surface area is 190 Å². The monoisotopic (exact) mass is 425 g/mol. The van der Waals surface area contributed by atoms with Crippen molar-refractivity contribution in [2.75, 3.05) is 27.2 Å². The van der Waals surface area contributed by atoms with Crippen LogP contribution in [0, 0.1) is 17.7 Å². The fourth-order valence-corrected chi connectivity index (χ4v) is 4.56. The van der Waals surface area contributed by atoms with E-state index in [9.17, 15) is 4.79 Å². The van der Waals surface area contributed by atoms with Crippen LogP contribution in [-0.2, 0) is 16.0 Å². The summed E-state index contributed by atoms with van der Waals surface area (Å²) in [5, 5.41) is 0. The van der Waals surface area contributed by atoms with Gasteiger partial charge in [-0.15, -0.1) is 0 Å². The van der Waals surface area contributed by atoms with Gasteiger partial charge in [0.1, 0.15) is 12.1 Å². The highest BCUT2D eigenvalue weighted by Crippen LogP contribution is 2.44. The minimum Gasteiger partial charge on any atom is -0.493 e. The summed E-state index contributed by atoms with van der Waals surface area (Å²) in [4.78, 5) is 15.0. The van der Waals surface area contributed by atoms with Gasteiger partial charge >= 0.3 is 5.97 Å². The van der Waals surface area contributed by atoms with Gasteiger partial charge in [-0.05, 0) is 47.9 Å². The molecule has 0 aromatic heterocycles. The van der Waals surface area contributed by atoms with Gasteiger partial charge in [0.2, 0.25) is 0 Å². The van der Waals surface area contributed by atoms with E-state index in [1.54, 1.807) is 12.1 Å².